The highest BCUT2D eigenvalue weighted by molar-refractivity contribution is 5.89. The van der Waals surface area contributed by atoms with Gasteiger partial charge in [0.1, 0.15) is 5.60 Å². The molecule has 3 heteroatoms. The second-order valence-electron chi connectivity index (χ2n) is 5.13. The fourth-order valence-corrected chi connectivity index (χ4v) is 3.00. The Morgan fingerprint density at radius 3 is 2.44 bits per heavy atom. The van der Waals surface area contributed by atoms with Gasteiger partial charge in [0.2, 0.25) is 0 Å². The van der Waals surface area contributed by atoms with E-state index in [1.807, 2.05) is 18.2 Å². The van der Waals surface area contributed by atoms with Crippen LogP contribution in [0.15, 0.2) is 30.3 Å². The third kappa shape index (κ3) is 1.28. The molecule has 3 saturated carbocycles. The summed E-state index contributed by atoms with van der Waals surface area (Å²) in [7, 11) is 0. The van der Waals surface area contributed by atoms with Crippen molar-refractivity contribution in [1.29, 1.82) is 0 Å². The monoisotopic (exact) mass is 218 g/mol. The van der Waals surface area contributed by atoms with Crippen molar-refractivity contribution in [2.45, 2.75) is 24.9 Å². The maximum atomic E-state index is 11.8. The van der Waals surface area contributed by atoms with Crippen molar-refractivity contribution < 1.29 is 14.6 Å². The normalized spacial score (nSPS) is 34.8. The van der Waals surface area contributed by atoms with Gasteiger partial charge in [-0.05, 0) is 31.4 Å². The van der Waals surface area contributed by atoms with Gasteiger partial charge in [0.25, 0.3) is 0 Å². The molecule has 0 unspecified atom stereocenters. The molecule has 0 atom stereocenters. The first-order valence-corrected chi connectivity index (χ1v) is 5.56. The summed E-state index contributed by atoms with van der Waals surface area (Å²) < 4.78 is 5.50. The van der Waals surface area contributed by atoms with Crippen molar-refractivity contribution in [3.8, 4) is 0 Å². The lowest BCUT2D eigenvalue weighted by Crippen LogP contribution is -2.70. The number of rotatable bonds is 3. The van der Waals surface area contributed by atoms with Gasteiger partial charge >= 0.3 is 5.97 Å². The molecule has 0 amide bonds. The molecule has 3 nitrogen and oxygen atoms in total. The first-order valence-electron chi connectivity index (χ1n) is 5.56. The SMILES string of the molecule is O=C(OC12CC(CO)(C1)C2)c1ccccc1. The summed E-state index contributed by atoms with van der Waals surface area (Å²) in [5, 5.41) is 9.11. The van der Waals surface area contributed by atoms with Gasteiger partial charge in [0.05, 0.1) is 5.56 Å². The van der Waals surface area contributed by atoms with E-state index in [0.29, 0.717) is 5.56 Å². The molecule has 1 aromatic rings. The zero-order valence-corrected chi connectivity index (χ0v) is 8.98. The lowest BCUT2D eigenvalue weighted by atomic mass is 9.41. The van der Waals surface area contributed by atoms with Gasteiger partial charge in [-0.3, -0.25) is 0 Å². The number of benzene rings is 1. The Hall–Kier alpha value is -1.35. The molecular weight excluding hydrogens is 204 g/mol. The van der Waals surface area contributed by atoms with Gasteiger partial charge in [-0.15, -0.1) is 0 Å². The number of ether oxygens (including phenoxy) is 1. The lowest BCUT2D eigenvalue weighted by molar-refractivity contribution is -0.270. The van der Waals surface area contributed by atoms with Gasteiger partial charge in [0, 0.05) is 12.0 Å². The van der Waals surface area contributed by atoms with E-state index in [0.717, 1.165) is 19.3 Å². The first-order chi connectivity index (χ1) is 7.67. The summed E-state index contributed by atoms with van der Waals surface area (Å²) in [6.07, 6.45) is 2.49. The van der Waals surface area contributed by atoms with E-state index in [1.54, 1.807) is 12.1 Å². The first kappa shape index (κ1) is 9.85. The standard InChI is InChI=1S/C13H14O3/c14-9-12-6-13(7-12,8-12)16-11(15)10-4-2-1-3-5-10/h1-5,14H,6-9H2. The highest BCUT2D eigenvalue weighted by atomic mass is 16.6. The Morgan fingerprint density at radius 1 is 1.25 bits per heavy atom. The third-order valence-corrected chi connectivity index (χ3v) is 3.75. The molecule has 16 heavy (non-hydrogen) atoms. The molecule has 1 aromatic carbocycles. The Morgan fingerprint density at radius 2 is 1.88 bits per heavy atom. The summed E-state index contributed by atoms with van der Waals surface area (Å²) in [6, 6.07) is 9.05. The summed E-state index contributed by atoms with van der Waals surface area (Å²) in [5.41, 5.74) is 0.428. The van der Waals surface area contributed by atoms with Crippen molar-refractivity contribution in [2.75, 3.05) is 6.61 Å². The largest absolute Gasteiger partial charge is 0.455 e. The zero-order chi connectivity index (χ0) is 11.2. The molecule has 1 N–H and O–H groups in total. The molecule has 0 spiro atoms. The van der Waals surface area contributed by atoms with Crippen molar-refractivity contribution in [3.63, 3.8) is 0 Å². The van der Waals surface area contributed by atoms with E-state index in [9.17, 15) is 4.79 Å². The molecule has 3 fully saturated rings. The minimum Gasteiger partial charge on any atom is -0.455 e. The third-order valence-electron chi connectivity index (χ3n) is 3.75. The predicted octanol–water partition coefficient (Wildman–Crippen LogP) is 1.76. The number of aliphatic hydroxyl groups excluding tert-OH is 1. The van der Waals surface area contributed by atoms with Crippen LogP contribution in [-0.4, -0.2) is 23.3 Å². The highest BCUT2D eigenvalue weighted by Crippen LogP contribution is 2.68. The molecule has 0 radical (unpaired) electrons. The number of carbonyl (C=O) groups excluding carboxylic acids is 1. The van der Waals surface area contributed by atoms with Gasteiger partial charge in [-0.25, -0.2) is 4.79 Å². The quantitative estimate of drug-likeness (QED) is 0.786. The molecule has 3 aliphatic rings. The number of carbonyl (C=O) groups is 1. The summed E-state index contributed by atoms with van der Waals surface area (Å²) >= 11 is 0. The van der Waals surface area contributed by atoms with E-state index >= 15 is 0 Å². The summed E-state index contributed by atoms with van der Waals surface area (Å²) in [6.45, 7) is 0.220. The predicted molar refractivity (Wildman–Crippen MR) is 58.0 cm³/mol. The van der Waals surface area contributed by atoms with E-state index in [2.05, 4.69) is 0 Å². The smallest absolute Gasteiger partial charge is 0.338 e. The second kappa shape index (κ2) is 3.08. The van der Waals surface area contributed by atoms with Crippen molar-refractivity contribution >= 4 is 5.97 Å². The molecule has 0 heterocycles. The van der Waals surface area contributed by atoms with Gasteiger partial charge in [0.15, 0.2) is 0 Å². The van der Waals surface area contributed by atoms with Crippen LogP contribution in [0.4, 0.5) is 0 Å². The van der Waals surface area contributed by atoms with Crippen LogP contribution in [0.5, 0.6) is 0 Å². The van der Waals surface area contributed by atoms with Crippen molar-refractivity contribution in [2.24, 2.45) is 5.41 Å². The molecular formula is C13H14O3. The van der Waals surface area contributed by atoms with E-state index < -0.39 is 0 Å². The Labute approximate surface area is 94.0 Å². The highest BCUT2D eigenvalue weighted by Gasteiger charge is 2.70. The van der Waals surface area contributed by atoms with Crippen LogP contribution in [0, 0.1) is 5.41 Å². The summed E-state index contributed by atoms with van der Waals surface area (Å²) in [4.78, 5) is 11.8. The maximum Gasteiger partial charge on any atom is 0.338 e. The Bertz CT molecular complexity index is 404. The van der Waals surface area contributed by atoms with Gasteiger partial charge in [-0.1, -0.05) is 18.2 Å². The molecule has 84 valence electrons. The molecule has 0 aromatic heterocycles. The van der Waals surface area contributed by atoms with Crippen LogP contribution in [0.2, 0.25) is 0 Å². The van der Waals surface area contributed by atoms with Crippen LogP contribution >= 0.6 is 0 Å². The van der Waals surface area contributed by atoms with Crippen LogP contribution < -0.4 is 0 Å². The van der Waals surface area contributed by atoms with E-state index in [4.69, 9.17) is 9.84 Å². The Balaban J connectivity index is 1.64. The lowest BCUT2D eigenvalue weighted by Gasteiger charge is -2.68. The molecule has 2 bridgehead atoms. The fourth-order valence-electron chi connectivity index (χ4n) is 3.00. The number of esters is 1. The molecule has 4 rings (SSSR count). The van der Waals surface area contributed by atoms with Crippen molar-refractivity contribution in [3.05, 3.63) is 35.9 Å². The zero-order valence-electron chi connectivity index (χ0n) is 8.98. The van der Waals surface area contributed by atoms with Gasteiger partial charge in [-0.2, -0.15) is 0 Å². The van der Waals surface area contributed by atoms with E-state index in [-0.39, 0.29) is 23.6 Å². The maximum absolute atomic E-state index is 11.8. The van der Waals surface area contributed by atoms with E-state index in [1.165, 1.54) is 0 Å². The molecule has 0 saturated heterocycles. The number of aliphatic hydroxyl groups is 1. The second-order valence-corrected chi connectivity index (χ2v) is 5.13. The minimum absolute atomic E-state index is 0.0803. The average molecular weight is 218 g/mol. The number of hydrogen-bond acceptors (Lipinski definition) is 3. The van der Waals surface area contributed by atoms with Crippen LogP contribution in [0.25, 0.3) is 0 Å². The molecule has 3 aliphatic carbocycles. The Kier molecular flexibility index (Phi) is 1.89. The minimum atomic E-state index is -0.254. The van der Waals surface area contributed by atoms with Crippen LogP contribution in [0.3, 0.4) is 0 Å². The molecule has 0 aliphatic heterocycles. The van der Waals surface area contributed by atoms with Crippen LogP contribution in [0.1, 0.15) is 29.6 Å². The summed E-state index contributed by atoms with van der Waals surface area (Å²) in [5.74, 6) is -0.244. The van der Waals surface area contributed by atoms with Crippen molar-refractivity contribution in [1.82, 2.24) is 0 Å². The average Bonchev–Trinajstić information content (AvgIpc) is 2.22. The van der Waals surface area contributed by atoms with Gasteiger partial charge < -0.3 is 9.84 Å². The number of hydrogen-bond donors (Lipinski definition) is 1. The van der Waals surface area contributed by atoms with Crippen LogP contribution in [-0.2, 0) is 4.74 Å². The topological polar surface area (TPSA) is 46.5 Å². The fraction of sp³-hybridized carbons (Fsp3) is 0.462.